The second-order valence-corrected chi connectivity index (χ2v) is 8.34. The maximum absolute atomic E-state index is 12.4. The van der Waals surface area contributed by atoms with E-state index in [1.54, 1.807) is 36.2 Å². The Kier molecular flexibility index (Phi) is 6.08. The molecule has 134 valence electrons. The molecule has 25 heavy (non-hydrogen) atoms. The molecule has 1 N–H and O–H groups in total. The zero-order chi connectivity index (χ0) is 18.6. The molecule has 0 heterocycles. The number of carbonyl (C=O) groups excluding carboxylic acids is 1. The van der Waals surface area contributed by atoms with Gasteiger partial charge in [0.15, 0.2) is 0 Å². The zero-order valence-corrected chi connectivity index (χ0v) is 15.9. The summed E-state index contributed by atoms with van der Waals surface area (Å²) in [6, 6.07) is 12.3. The van der Waals surface area contributed by atoms with Crippen LogP contribution in [-0.2, 0) is 10.0 Å². The van der Waals surface area contributed by atoms with Crippen molar-refractivity contribution in [1.82, 2.24) is 4.90 Å². The maximum Gasteiger partial charge on any atom is 0.261 e. The largest absolute Gasteiger partial charge is 0.341 e. The van der Waals surface area contributed by atoms with E-state index in [0.717, 1.165) is 0 Å². The summed E-state index contributed by atoms with van der Waals surface area (Å²) in [6.45, 7) is 4.70. The van der Waals surface area contributed by atoms with Crippen LogP contribution in [0.15, 0.2) is 53.4 Å². The van der Waals surface area contributed by atoms with E-state index in [1.165, 1.54) is 24.3 Å². The van der Waals surface area contributed by atoms with E-state index in [9.17, 15) is 13.2 Å². The van der Waals surface area contributed by atoms with E-state index >= 15 is 0 Å². The molecule has 2 rings (SSSR count). The Hall–Kier alpha value is -2.05. The number of nitrogens with one attached hydrogen (secondary N) is 1. The van der Waals surface area contributed by atoms with Crippen molar-refractivity contribution in [2.24, 2.45) is 5.92 Å². The van der Waals surface area contributed by atoms with Crippen LogP contribution in [0.2, 0.25) is 5.02 Å². The normalized spacial score (nSPS) is 11.4. The predicted molar refractivity (Wildman–Crippen MR) is 101 cm³/mol. The first kappa shape index (κ1) is 19.3. The summed E-state index contributed by atoms with van der Waals surface area (Å²) in [6.07, 6.45) is 0. The van der Waals surface area contributed by atoms with Crippen LogP contribution in [0.3, 0.4) is 0 Å². The number of halogens is 1. The van der Waals surface area contributed by atoms with Crippen molar-refractivity contribution in [2.45, 2.75) is 18.7 Å². The van der Waals surface area contributed by atoms with Crippen LogP contribution in [-0.4, -0.2) is 32.8 Å². The Morgan fingerprint density at radius 2 is 1.64 bits per heavy atom. The van der Waals surface area contributed by atoms with Gasteiger partial charge < -0.3 is 4.90 Å². The first-order chi connectivity index (χ1) is 11.7. The van der Waals surface area contributed by atoms with Gasteiger partial charge in [0.1, 0.15) is 0 Å². The third-order valence-electron chi connectivity index (χ3n) is 3.49. The van der Waals surface area contributed by atoms with Crippen LogP contribution in [0.25, 0.3) is 0 Å². The van der Waals surface area contributed by atoms with Crippen molar-refractivity contribution in [1.29, 1.82) is 0 Å². The van der Waals surface area contributed by atoms with Gasteiger partial charge in [-0.15, -0.1) is 0 Å². The van der Waals surface area contributed by atoms with Gasteiger partial charge in [-0.1, -0.05) is 25.4 Å². The molecule has 0 spiro atoms. The highest BCUT2D eigenvalue weighted by Crippen LogP contribution is 2.19. The Morgan fingerprint density at radius 1 is 1.08 bits per heavy atom. The Labute approximate surface area is 153 Å². The number of carbonyl (C=O) groups is 1. The fourth-order valence-corrected chi connectivity index (χ4v) is 3.54. The lowest BCUT2D eigenvalue weighted by molar-refractivity contribution is 0.0779. The third kappa shape index (κ3) is 5.21. The lowest BCUT2D eigenvalue weighted by Gasteiger charge is -2.19. The van der Waals surface area contributed by atoms with Crippen molar-refractivity contribution >= 4 is 33.2 Å². The lowest BCUT2D eigenvalue weighted by Crippen LogP contribution is -2.30. The number of sulfonamides is 1. The van der Waals surface area contributed by atoms with Crippen LogP contribution in [0.4, 0.5) is 5.69 Å². The molecule has 0 saturated heterocycles. The summed E-state index contributed by atoms with van der Waals surface area (Å²) in [4.78, 5) is 14.0. The fraction of sp³-hybridized carbons (Fsp3) is 0.278. The number of hydrogen-bond acceptors (Lipinski definition) is 3. The molecule has 7 heteroatoms. The van der Waals surface area contributed by atoms with Crippen molar-refractivity contribution in [3.8, 4) is 0 Å². The molecule has 2 aromatic rings. The molecule has 5 nitrogen and oxygen atoms in total. The predicted octanol–water partition coefficient (Wildman–Crippen LogP) is 3.87. The SMILES string of the molecule is CC(C)CN(C)C(=O)c1ccc(S(=O)(=O)Nc2ccc(Cl)cc2)cc1. The Bertz CT molecular complexity index is 832. The topological polar surface area (TPSA) is 66.5 Å². The molecule has 0 saturated carbocycles. The van der Waals surface area contributed by atoms with Gasteiger partial charge in [-0.3, -0.25) is 9.52 Å². The van der Waals surface area contributed by atoms with Crippen molar-refractivity contribution in [3.05, 3.63) is 59.1 Å². The highest BCUT2D eigenvalue weighted by molar-refractivity contribution is 7.92. The second kappa shape index (κ2) is 7.89. The van der Waals surface area contributed by atoms with Crippen LogP contribution in [0.5, 0.6) is 0 Å². The number of amides is 1. The summed E-state index contributed by atoms with van der Waals surface area (Å²) in [5.41, 5.74) is 0.870. The second-order valence-electron chi connectivity index (χ2n) is 6.22. The zero-order valence-electron chi connectivity index (χ0n) is 14.4. The lowest BCUT2D eigenvalue weighted by atomic mass is 10.1. The summed E-state index contributed by atoms with van der Waals surface area (Å²) < 4.78 is 27.3. The van der Waals surface area contributed by atoms with E-state index in [1.807, 2.05) is 13.8 Å². The highest BCUT2D eigenvalue weighted by Gasteiger charge is 2.17. The Balaban J connectivity index is 2.15. The third-order valence-corrected chi connectivity index (χ3v) is 5.14. The monoisotopic (exact) mass is 380 g/mol. The molecular weight excluding hydrogens is 360 g/mol. The number of hydrogen-bond donors (Lipinski definition) is 1. The van der Waals surface area contributed by atoms with Gasteiger partial charge in [-0.05, 0) is 54.4 Å². The van der Waals surface area contributed by atoms with E-state index in [0.29, 0.717) is 28.7 Å². The van der Waals surface area contributed by atoms with E-state index < -0.39 is 10.0 Å². The fourth-order valence-electron chi connectivity index (χ4n) is 2.36. The van der Waals surface area contributed by atoms with Gasteiger partial charge in [0, 0.05) is 29.9 Å². The van der Waals surface area contributed by atoms with Gasteiger partial charge in [-0.25, -0.2) is 8.42 Å². The highest BCUT2D eigenvalue weighted by atomic mass is 35.5. The quantitative estimate of drug-likeness (QED) is 0.827. The molecule has 0 unspecified atom stereocenters. The molecule has 0 radical (unpaired) electrons. The summed E-state index contributed by atoms with van der Waals surface area (Å²) >= 11 is 5.79. The molecule has 1 amide bonds. The van der Waals surface area contributed by atoms with E-state index in [2.05, 4.69) is 4.72 Å². The molecule has 0 aliphatic carbocycles. The van der Waals surface area contributed by atoms with Crippen LogP contribution < -0.4 is 4.72 Å². The van der Waals surface area contributed by atoms with Crippen LogP contribution in [0.1, 0.15) is 24.2 Å². The first-order valence-electron chi connectivity index (χ1n) is 7.83. The van der Waals surface area contributed by atoms with E-state index in [4.69, 9.17) is 11.6 Å². The van der Waals surface area contributed by atoms with E-state index in [-0.39, 0.29) is 10.8 Å². The molecule has 0 bridgehead atoms. The molecule has 0 aliphatic heterocycles. The minimum Gasteiger partial charge on any atom is -0.341 e. The Morgan fingerprint density at radius 3 is 2.16 bits per heavy atom. The summed E-state index contributed by atoms with van der Waals surface area (Å²) in [5.74, 6) is 0.223. The van der Waals surface area contributed by atoms with Gasteiger partial charge in [0.05, 0.1) is 4.90 Å². The van der Waals surface area contributed by atoms with Gasteiger partial charge in [-0.2, -0.15) is 0 Å². The van der Waals surface area contributed by atoms with Gasteiger partial charge >= 0.3 is 0 Å². The average molecular weight is 381 g/mol. The molecule has 0 aromatic heterocycles. The van der Waals surface area contributed by atoms with Crippen molar-refractivity contribution < 1.29 is 13.2 Å². The molecule has 0 fully saturated rings. The standard InChI is InChI=1S/C18H21ClN2O3S/c1-13(2)12-21(3)18(22)14-4-10-17(11-5-14)25(23,24)20-16-8-6-15(19)7-9-16/h4-11,13,20H,12H2,1-3H3. The van der Waals surface area contributed by atoms with Crippen molar-refractivity contribution in [3.63, 3.8) is 0 Å². The van der Waals surface area contributed by atoms with Gasteiger partial charge in [0.2, 0.25) is 0 Å². The van der Waals surface area contributed by atoms with Crippen LogP contribution in [0, 0.1) is 5.92 Å². The van der Waals surface area contributed by atoms with Crippen LogP contribution >= 0.6 is 11.6 Å². The maximum atomic E-state index is 12.4. The summed E-state index contributed by atoms with van der Waals surface area (Å²) in [7, 11) is -1.99. The number of benzene rings is 2. The average Bonchev–Trinajstić information content (AvgIpc) is 2.55. The minimum atomic E-state index is -3.73. The molecule has 0 atom stereocenters. The smallest absolute Gasteiger partial charge is 0.261 e. The minimum absolute atomic E-state index is 0.0884. The first-order valence-corrected chi connectivity index (χ1v) is 9.69. The van der Waals surface area contributed by atoms with Crippen molar-refractivity contribution in [2.75, 3.05) is 18.3 Å². The van der Waals surface area contributed by atoms with Gasteiger partial charge in [0.25, 0.3) is 15.9 Å². The molecule has 0 aliphatic rings. The number of nitrogens with zero attached hydrogens (tertiary/aromatic N) is 1. The number of rotatable bonds is 6. The molecular formula is C18H21ClN2O3S. The number of anilines is 1. The summed E-state index contributed by atoms with van der Waals surface area (Å²) in [5, 5.41) is 0.524. The molecule has 2 aromatic carbocycles.